The summed E-state index contributed by atoms with van der Waals surface area (Å²) < 4.78 is 51.1. The summed E-state index contributed by atoms with van der Waals surface area (Å²) in [7, 11) is -7.57. The van der Waals surface area contributed by atoms with E-state index in [-0.39, 0.29) is 16.6 Å². The highest BCUT2D eigenvalue weighted by Crippen LogP contribution is 2.22. The van der Waals surface area contributed by atoms with Crippen molar-refractivity contribution in [1.29, 1.82) is 0 Å². The van der Waals surface area contributed by atoms with Gasteiger partial charge in [-0.3, -0.25) is 4.72 Å². The van der Waals surface area contributed by atoms with Crippen molar-refractivity contribution in [3.63, 3.8) is 0 Å². The topological polar surface area (TPSA) is 110 Å². The minimum absolute atomic E-state index is 0.0716. The van der Waals surface area contributed by atoms with E-state index >= 15 is 0 Å². The van der Waals surface area contributed by atoms with E-state index in [2.05, 4.69) is 4.72 Å². The molecule has 0 aromatic heterocycles. The van der Waals surface area contributed by atoms with Gasteiger partial charge in [-0.25, -0.2) is 13.6 Å². The molecule has 9 heteroatoms. The number of nitrogens with one attached hydrogen (secondary N) is 1. The van der Waals surface area contributed by atoms with Crippen molar-refractivity contribution in [2.45, 2.75) is 37.1 Å². The molecule has 21 heavy (non-hydrogen) atoms. The summed E-state index contributed by atoms with van der Waals surface area (Å²) in [5.74, 6) is 0. The summed E-state index contributed by atoms with van der Waals surface area (Å²) in [6.45, 7) is 2.32. The molecule has 1 atom stereocenters. The predicted molar refractivity (Wildman–Crippen MR) is 80.4 cm³/mol. The summed E-state index contributed by atoms with van der Waals surface area (Å²) in [5.41, 5.74) is 0.180. The van der Waals surface area contributed by atoms with Crippen molar-refractivity contribution in [3.05, 3.63) is 24.3 Å². The van der Waals surface area contributed by atoms with Gasteiger partial charge >= 0.3 is 10.2 Å². The van der Waals surface area contributed by atoms with Crippen molar-refractivity contribution in [2.75, 3.05) is 11.3 Å². The number of hydrogen-bond acceptors (Lipinski definition) is 4. The fraction of sp³-hybridized carbons (Fsp3) is 0.500. The smallest absolute Gasteiger partial charge is 0.271 e. The van der Waals surface area contributed by atoms with Gasteiger partial charge in [0.2, 0.25) is 10.0 Å². The molecule has 1 aromatic rings. The summed E-state index contributed by atoms with van der Waals surface area (Å²) in [4.78, 5) is -0.130. The number of hydrogen-bond donors (Lipinski definition) is 2. The third kappa shape index (κ3) is 3.94. The van der Waals surface area contributed by atoms with E-state index in [9.17, 15) is 16.8 Å². The lowest BCUT2D eigenvalue weighted by Crippen LogP contribution is -2.44. The van der Waals surface area contributed by atoms with Gasteiger partial charge in [0.1, 0.15) is 0 Å². The maximum atomic E-state index is 12.4. The molecule has 1 aliphatic rings. The Morgan fingerprint density at radius 2 is 1.95 bits per heavy atom. The summed E-state index contributed by atoms with van der Waals surface area (Å²) in [6, 6.07) is 5.38. The zero-order chi connectivity index (χ0) is 15.7. The van der Waals surface area contributed by atoms with Gasteiger partial charge in [0.05, 0.1) is 10.6 Å². The summed E-state index contributed by atoms with van der Waals surface area (Å²) >= 11 is 0. The molecule has 0 spiro atoms. The number of benzene rings is 1. The quantitative estimate of drug-likeness (QED) is 0.851. The Labute approximate surface area is 125 Å². The highest BCUT2D eigenvalue weighted by atomic mass is 32.2. The fourth-order valence-corrected chi connectivity index (χ4v) is 4.42. The number of nitrogens with zero attached hydrogens (tertiary/aromatic N) is 1. The van der Waals surface area contributed by atoms with E-state index < -0.39 is 20.2 Å². The third-order valence-electron chi connectivity index (χ3n) is 3.46. The second kappa shape index (κ2) is 5.91. The lowest BCUT2D eigenvalue weighted by atomic mass is 10.1. The number of piperidine rings is 1. The van der Waals surface area contributed by atoms with E-state index in [1.807, 2.05) is 6.92 Å². The van der Waals surface area contributed by atoms with Crippen LogP contribution in [0.5, 0.6) is 0 Å². The number of nitrogens with two attached hydrogens (primary N) is 1. The van der Waals surface area contributed by atoms with Crippen LogP contribution < -0.4 is 9.86 Å². The molecule has 1 heterocycles. The highest BCUT2D eigenvalue weighted by Gasteiger charge is 2.29. The molecular formula is C12H19N3O4S2. The first-order valence-corrected chi connectivity index (χ1v) is 9.61. The minimum atomic E-state index is -3.86. The number of anilines is 1. The predicted octanol–water partition coefficient (Wildman–Crippen LogP) is 0.865. The Kier molecular flexibility index (Phi) is 4.57. The van der Waals surface area contributed by atoms with E-state index in [1.165, 1.54) is 28.6 Å². The average molecular weight is 333 g/mol. The molecule has 0 amide bonds. The molecule has 0 saturated carbocycles. The van der Waals surface area contributed by atoms with Crippen LogP contribution in [-0.2, 0) is 20.2 Å². The molecule has 1 aromatic carbocycles. The number of primary sulfonamides is 1. The molecule has 0 bridgehead atoms. The van der Waals surface area contributed by atoms with Gasteiger partial charge in [0.25, 0.3) is 0 Å². The maximum absolute atomic E-state index is 12.4. The summed E-state index contributed by atoms with van der Waals surface area (Å²) in [5, 5.41) is 5.04. The highest BCUT2D eigenvalue weighted by molar-refractivity contribution is 7.90. The molecule has 2 rings (SSSR count). The first-order valence-electron chi connectivity index (χ1n) is 6.62. The van der Waals surface area contributed by atoms with Gasteiger partial charge < -0.3 is 0 Å². The van der Waals surface area contributed by atoms with Crippen LogP contribution in [0, 0.1) is 0 Å². The molecule has 0 radical (unpaired) electrons. The molecule has 1 fully saturated rings. The van der Waals surface area contributed by atoms with Crippen LogP contribution in [-0.4, -0.2) is 33.7 Å². The van der Waals surface area contributed by atoms with Crippen molar-refractivity contribution in [3.8, 4) is 0 Å². The van der Waals surface area contributed by atoms with E-state index in [0.29, 0.717) is 6.54 Å². The molecule has 1 saturated heterocycles. The average Bonchev–Trinajstić information content (AvgIpc) is 2.37. The summed E-state index contributed by atoms with van der Waals surface area (Å²) in [6.07, 6.45) is 2.65. The van der Waals surface area contributed by atoms with Crippen molar-refractivity contribution >= 4 is 25.9 Å². The van der Waals surface area contributed by atoms with Crippen LogP contribution in [0.2, 0.25) is 0 Å². The second-order valence-electron chi connectivity index (χ2n) is 5.14. The number of rotatable bonds is 4. The molecule has 1 unspecified atom stereocenters. The van der Waals surface area contributed by atoms with Gasteiger partial charge in [-0.15, -0.1) is 0 Å². The third-order valence-corrected chi connectivity index (χ3v) is 6.02. The zero-order valence-corrected chi connectivity index (χ0v) is 13.3. The zero-order valence-electron chi connectivity index (χ0n) is 11.7. The Morgan fingerprint density at radius 3 is 2.57 bits per heavy atom. The Hall–Kier alpha value is -1.16. The van der Waals surface area contributed by atoms with Crippen LogP contribution in [0.1, 0.15) is 26.2 Å². The van der Waals surface area contributed by atoms with Crippen molar-refractivity contribution < 1.29 is 16.8 Å². The van der Waals surface area contributed by atoms with Crippen LogP contribution in [0.25, 0.3) is 0 Å². The van der Waals surface area contributed by atoms with E-state index in [4.69, 9.17) is 5.14 Å². The lowest BCUT2D eigenvalue weighted by Gasteiger charge is -2.32. The standard InChI is InChI=1S/C12H19N3O4S2/c1-10-5-2-3-8-15(10)21(18,19)14-11-6-4-7-12(9-11)20(13,16)17/h4,6-7,9-10,14H,2-3,5,8H2,1H3,(H2,13,16,17). The van der Waals surface area contributed by atoms with Gasteiger partial charge in [0.15, 0.2) is 0 Å². The Bertz CT molecular complexity index is 716. The van der Waals surface area contributed by atoms with Crippen LogP contribution >= 0.6 is 0 Å². The monoisotopic (exact) mass is 333 g/mol. The minimum Gasteiger partial charge on any atom is -0.271 e. The maximum Gasteiger partial charge on any atom is 0.301 e. The Balaban J connectivity index is 2.24. The molecule has 3 N–H and O–H groups in total. The van der Waals surface area contributed by atoms with Gasteiger partial charge in [-0.2, -0.15) is 12.7 Å². The van der Waals surface area contributed by atoms with E-state index in [0.717, 1.165) is 19.3 Å². The van der Waals surface area contributed by atoms with E-state index in [1.54, 1.807) is 0 Å². The molecule has 0 aliphatic carbocycles. The number of sulfonamides is 1. The van der Waals surface area contributed by atoms with Crippen molar-refractivity contribution in [1.82, 2.24) is 4.31 Å². The van der Waals surface area contributed by atoms with Gasteiger partial charge in [0, 0.05) is 12.6 Å². The SMILES string of the molecule is CC1CCCCN1S(=O)(=O)Nc1cccc(S(N)(=O)=O)c1. The molecule has 1 aliphatic heterocycles. The second-order valence-corrected chi connectivity index (χ2v) is 8.32. The van der Waals surface area contributed by atoms with Gasteiger partial charge in [-0.1, -0.05) is 12.5 Å². The fourth-order valence-electron chi connectivity index (χ4n) is 2.37. The Morgan fingerprint density at radius 1 is 1.24 bits per heavy atom. The molecular weight excluding hydrogens is 314 g/mol. The van der Waals surface area contributed by atoms with Crippen LogP contribution in [0.3, 0.4) is 0 Å². The van der Waals surface area contributed by atoms with Crippen molar-refractivity contribution in [2.24, 2.45) is 5.14 Å². The first-order chi connectivity index (χ1) is 9.70. The normalized spacial score (nSPS) is 21.1. The molecule has 118 valence electrons. The lowest BCUT2D eigenvalue weighted by molar-refractivity contribution is 0.270. The molecule has 7 nitrogen and oxygen atoms in total. The largest absolute Gasteiger partial charge is 0.301 e. The first kappa shape index (κ1) is 16.2. The van der Waals surface area contributed by atoms with Crippen LogP contribution in [0.4, 0.5) is 5.69 Å². The van der Waals surface area contributed by atoms with Gasteiger partial charge in [-0.05, 0) is 38.0 Å². The van der Waals surface area contributed by atoms with Crippen LogP contribution in [0.15, 0.2) is 29.2 Å².